The van der Waals surface area contributed by atoms with Crippen molar-refractivity contribution in [2.24, 2.45) is 5.73 Å². The molecule has 1 aromatic heterocycles. The van der Waals surface area contributed by atoms with E-state index in [1.54, 1.807) is 13.4 Å². The minimum Gasteiger partial charge on any atom is -0.496 e. The van der Waals surface area contributed by atoms with E-state index in [0.717, 1.165) is 23.6 Å². The summed E-state index contributed by atoms with van der Waals surface area (Å²) in [7, 11) is 3.73. The van der Waals surface area contributed by atoms with Crippen molar-refractivity contribution in [2.75, 3.05) is 14.2 Å². The van der Waals surface area contributed by atoms with Crippen molar-refractivity contribution in [1.82, 2.24) is 4.90 Å². The quantitative estimate of drug-likeness (QED) is 0.880. The van der Waals surface area contributed by atoms with Crippen LogP contribution >= 0.6 is 0 Å². The molecule has 4 nitrogen and oxygen atoms in total. The normalized spacial score (nSPS) is 14.2. The molecule has 0 aliphatic heterocycles. The topological polar surface area (TPSA) is 51.6 Å². The lowest BCUT2D eigenvalue weighted by molar-refractivity contribution is 0.182. The van der Waals surface area contributed by atoms with E-state index in [1.165, 1.54) is 0 Å². The number of nitrogens with zero attached hydrogens (tertiary/aromatic N) is 1. The van der Waals surface area contributed by atoms with Crippen molar-refractivity contribution in [3.63, 3.8) is 0 Å². The van der Waals surface area contributed by atoms with Gasteiger partial charge < -0.3 is 14.9 Å². The van der Waals surface area contributed by atoms with Gasteiger partial charge in [-0.1, -0.05) is 18.2 Å². The molecule has 1 aromatic carbocycles. The Hall–Kier alpha value is -1.78. The SMILES string of the molecule is COc1ccccc1CN(C)C(c1ccco1)C(C)N. The predicted octanol–water partition coefficient (Wildman–Crippen LogP) is 2.81. The second-order valence-corrected chi connectivity index (χ2v) is 5.05. The van der Waals surface area contributed by atoms with Gasteiger partial charge in [0, 0.05) is 18.2 Å². The highest BCUT2D eigenvalue weighted by Gasteiger charge is 2.24. The van der Waals surface area contributed by atoms with Gasteiger partial charge in [0.15, 0.2) is 0 Å². The molecule has 0 aliphatic carbocycles. The van der Waals surface area contributed by atoms with Gasteiger partial charge in [0.2, 0.25) is 0 Å². The smallest absolute Gasteiger partial charge is 0.123 e. The molecule has 4 heteroatoms. The Balaban J connectivity index is 2.19. The molecule has 0 bridgehead atoms. The summed E-state index contributed by atoms with van der Waals surface area (Å²) >= 11 is 0. The molecule has 0 saturated heterocycles. The number of ether oxygens (including phenoxy) is 1. The van der Waals surface area contributed by atoms with Gasteiger partial charge in [0.05, 0.1) is 19.4 Å². The van der Waals surface area contributed by atoms with Gasteiger partial charge in [-0.2, -0.15) is 0 Å². The van der Waals surface area contributed by atoms with E-state index >= 15 is 0 Å². The first kappa shape index (κ1) is 14.6. The summed E-state index contributed by atoms with van der Waals surface area (Å²) in [5.74, 6) is 1.78. The molecule has 0 spiro atoms. The van der Waals surface area contributed by atoms with Crippen LogP contribution in [0.5, 0.6) is 5.75 Å². The van der Waals surface area contributed by atoms with Crippen molar-refractivity contribution in [1.29, 1.82) is 0 Å². The van der Waals surface area contributed by atoms with E-state index in [-0.39, 0.29) is 12.1 Å². The van der Waals surface area contributed by atoms with Crippen LogP contribution in [-0.4, -0.2) is 25.1 Å². The second-order valence-electron chi connectivity index (χ2n) is 5.05. The summed E-state index contributed by atoms with van der Waals surface area (Å²) in [6.45, 7) is 2.74. The number of likely N-dealkylation sites (N-methyl/N-ethyl adjacent to an activating group) is 1. The monoisotopic (exact) mass is 274 g/mol. The van der Waals surface area contributed by atoms with Crippen LogP contribution in [0.3, 0.4) is 0 Å². The standard InChI is InChI=1S/C16H22N2O2/c1-12(17)16(15-9-6-10-20-15)18(2)11-13-7-4-5-8-14(13)19-3/h4-10,12,16H,11,17H2,1-3H3. The molecule has 108 valence electrons. The number of methoxy groups -OCH3 is 1. The maximum atomic E-state index is 6.12. The Morgan fingerprint density at radius 3 is 2.60 bits per heavy atom. The molecule has 2 unspecified atom stereocenters. The zero-order valence-corrected chi connectivity index (χ0v) is 12.2. The molecule has 0 amide bonds. The van der Waals surface area contributed by atoms with Crippen LogP contribution in [0.1, 0.15) is 24.3 Å². The number of nitrogens with two attached hydrogens (primary N) is 1. The lowest BCUT2D eigenvalue weighted by Crippen LogP contribution is -2.36. The lowest BCUT2D eigenvalue weighted by atomic mass is 10.1. The van der Waals surface area contributed by atoms with Crippen LogP contribution in [0, 0.1) is 0 Å². The van der Waals surface area contributed by atoms with Crippen molar-refractivity contribution in [3.8, 4) is 5.75 Å². The molecule has 2 N–H and O–H groups in total. The van der Waals surface area contributed by atoms with E-state index in [1.807, 2.05) is 44.3 Å². The van der Waals surface area contributed by atoms with Gasteiger partial charge in [0.25, 0.3) is 0 Å². The fourth-order valence-corrected chi connectivity index (χ4v) is 2.54. The average Bonchev–Trinajstić information content (AvgIpc) is 2.92. The van der Waals surface area contributed by atoms with Crippen molar-refractivity contribution >= 4 is 0 Å². The molecule has 0 aliphatic rings. The van der Waals surface area contributed by atoms with E-state index in [2.05, 4.69) is 11.0 Å². The Morgan fingerprint density at radius 1 is 1.25 bits per heavy atom. The summed E-state index contributed by atoms with van der Waals surface area (Å²) in [4.78, 5) is 2.18. The first-order valence-corrected chi connectivity index (χ1v) is 6.74. The van der Waals surface area contributed by atoms with Gasteiger partial charge in [-0.25, -0.2) is 0 Å². The highest BCUT2D eigenvalue weighted by atomic mass is 16.5. The first-order chi connectivity index (χ1) is 9.63. The molecule has 2 aromatic rings. The Morgan fingerprint density at radius 2 is 2.00 bits per heavy atom. The third kappa shape index (κ3) is 3.21. The number of furan rings is 1. The molecule has 0 fully saturated rings. The summed E-state index contributed by atoms with van der Waals surface area (Å²) < 4.78 is 10.9. The summed E-state index contributed by atoms with van der Waals surface area (Å²) in [5, 5.41) is 0. The van der Waals surface area contributed by atoms with Crippen LogP contribution in [0.2, 0.25) is 0 Å². The van der Waals surface area contributed by atoms with Crippen LogP contribution in [0.15, 0.2) is 47.1 Å². The molecular formula is C16H22N2O2. The third-order valence-electron chi connectivity index (χ3n) is 3.42. The molecule has 0 saturated carbocycles. The number of benzene rings is 1. The van der Waals surface area contributed by atoms with Crippen molar-refractivity contribution in [2.45, 2.75) is 25.6 Å². The van der Waals surface area contributed by atoms with Gasteiger partial charge in [0.1, 0.15) is 11.5 Å². The van der Waals surface area contributed by atoms with E-state index in [4.69, 9.17) is 14.9 Å². The van der Waals surface area contributed by atoms with Crippen LogP contribution in [0.4, 0.5) is 0 Å². The van der Waals surface area contributed by atoms with Crippen LogP contribution < -0.4 is 10.5 Å². The van der Waals surface area contributed by atoms with E-state index in [0.29, 0.717) is 0 Å². The first-order valence-electron chi connectivity index (χ1n) is 6.74. The van der Waals surface area contributed by atoms with Gasteiger partial charge >= 0.3 is 0 Å². The van der Waals surface area contributed by atoms with Crippen molar-refractivity contribution < 1.29 is 9.15 Å². The van der Waals surface area contributed by atoms with Crippen LogP contribution in [-0.2, 0) is 6.54 Å². The fourth-order valence-electron chi connectivity index (χ4n) is 2.54. The molecule has 0 radical (unpaired) electrons. The lowest BCUT2D eigenvalue weighted by Gasteiger charge is -2.29. The average molecular weight is 274 g/mol. The highest BCUT2D eigenvalue weighted by molar-refractivity contribution is 5.33. The minimum atomic E-state index is -0.0270. The largest absolute Gasteiger partial charge is 0.496 e. The van der Waals surface area contributed by atoms with Gasteiger partial charge in [-0.05, 0) is 32.2 Å². The van der Waals surface area contributed by atoms with E-state index in [9.17, 15) is 0 Å². The molecule has 2 rings (SSSR count). The number of hydrogen-bond acceptors (Lipinski definition) is 4. The summed E-state index contributed by atoms with van der Waals surface area (Å²) in [5.41, 5.74) is 7.25. The van der Waals surface area contributed by atoms with Gasteiger partial charge in [-0.3, -0.25) is 4.90 Å². The Labute approximate surface area is 120 Å². The maximum Gasteiger partial charge on any atom is 0.123 e. The summed E-state index contributed by atoms with van der Waals surface area (Å²) in [6.07, 6.45) is 1.68. The minimum absolute atomic E-state index is 0.0270. The number of para-hydroxylation sites is 1. The molecule has 1 heterocycles. The highest BCUT2D eigenvalue weighted by Crippen LogP contribution is 2.27. The van der Waals surface area contributed by atoms with Gasteiger partial charge in [-0.15, -0.1) is 0 Å². The number of hydrogen-bond donors (Lipinski definition) is 1. The molecule has 20 heavy (non-hydrogen) atoms. The number of rotatable bonds is 6. The molecule has 2 atom stereocenters. The third-order valence-corrected chi connectivity index (χ3v) is 3.42. The van der Waals surface area contributed by atoms with E-state index < -0.39 is 0 Å². The summed E-state index contributed by atoms with van der Waals surface area (Å²) in [6, 6.07) is 11.9. The zero-order valence-electron chi connectivity index (χ0n) is 12.2. The predicted molar refractivity (Wildman–Crippen MR) is 79.6 cm³/mol. The van der Waals surface area contributed by atoms with Crippen molar-refractivity contribution in [3.05, 3.63) is 54.0 Å². The maximum absolute atomic E-state index is 6.12. The molecular weight excluding hydrogens is 252 g/mol. The zero-order chi connectivity index (χ0) is 14.5. The second kappa shape index (κ2) is 6.59. The van der Waals surface area contributed by atoms with Crippen LogP contribution in [0.25, 0.3) is 0 Å². The Kier molecular flexibility index (Phi) is 4.82. The fraction of sp³-hybridized carbons (Fsp3) is 0.375. The Bertz CT molecular complexity index is 523.